The molecule has 3 aromatic rings. The third-order valence-corrected chi connectivity index (χ3v) is 8.51. The van der Waals surface area contributed by atoms with Crippen LogP contribution in [0, 0.1) is 10.1 Å². The van der Waals surface area contributed by atoms with Gasteiger partial charge in [0, 0.05) is 73.7 Å². The summed E-state index contributed by atoms with van der Waals surface area (Å²) in [4.78, 5) is 35.2. The van der Waals surface area contributed by atoms with Crippen molar-refractivity contribution in [3.8, 4) is 5.75 Å². The highest BCUT2D eigenvalue weighted by molar-refractivity contribution is 6.35. The SMILES string of the molecule is CCOc1cc(N2CCN(C(=NCC(=O)N3CCc4ccccc4C3)NCCc3ccc(Cl)cc3Cl)CC2)ccc1[N+](=O)[O-]. The van der Waals surface area contributed by atoms with Crippen molar-refractivity contribution in [1.82, 2.24) is 15.1 Å². The van der Waals surface area contributed by atoms with Gasteiger partial charge in [0.1, 0.15) is 6.54 Å². The van der Waals surface area contributed by atoms with Crippen LogP contribution in [0.1, 0.15) is 23.6 Å². The van der Waals surface area contributed by atoms with Gasteiger partial charge in [-0.05, 0) is 54.7 Å². The van der Waals surface area contributed by atoms with E-state index in [1.807, 2.05) is 29.2 Å². The monoisotopic (exact) mass is 638 g/mol. The number of amides is 1. The maximum Gasteiger partial charge on any atom is 0.311 e. The Morgan fingerprint density at radius 3 is 2.50 bits per heavy atom. The summed E-state index contributed by atoms with van der Waals surface area (Å²) in [6, 6.07) is 18.7. The zero-order valence-corrected chi connectivity index (χ0v) is 26.2. The number of fused-ring (bicyclic) bond motifs is 1. The van der Waals surface area contributed by atoms with Crippen LogP contribution >= 0.6 is 23.2 Å². The van der Waals surface area contributed by atoms with Gasteiger partial charge in [0.15, 0.2) is 11.7 Å². The summed E-state index contributed by atoms with van der Waals surface area (Å²) in [6.07, 6.45) is 1.50. The first-order valence-corrected chi connectivity index (χ1v) is 15.6. The van der Waals surface area contributed by atoms with Crippen molar-refractivity contribution in [2.24, 2.45) is 4.99 Å². The van der Waals surface area contributed by atoms with E-state index >= 15 is 0 Å². The third-order valence-electron chi connectivity index (χ3n) is 7.92. The number of nitro benzene ring substituents is 1. The fraction of sp³-hybridized carbons (Fsp3) is 0.375. The summed E-state index contributed by atoms with van der Waals surface area (Å²) in [5, 5.41) is 16.1. The molecule has 1 fully saturated rings. The van der Waals surface area contributed by atoms with E-state index in [2.05, 4.69) is 27.2 Å². The highest BCUT2D eigenvalue weighted by Crippen LogP contribution is 2.32. The van der Waals surface area contributed by atoms with E-state index in [1.54, 1.807) is 25.1 Å². The fourth-order valence-corrected chi connectivity index (χ4v) is 6.05. The Labute approximate surface area is 267 Å². The quantitative estimate of drug-likeness (QED) is 0.149. The lowest BCUT2D eigenvalue weighted by molar-refractivity contribution is -0.385. The van der Waals surface area contributed by atoms with Crippen molar-refractivity contribution in [2.45, 2.75) is 26.3 Å². The normalized spacial score (nSPS) is 15.2. The number of benzene rings is 3. The summed E-state index contributed by atoms with van der Waals surface area (Å²) in [7, 11) is 0. The molecule has 2 heterocycles. The van der Waals surface area contributed by atoms with E-state index in [9.17, 15) is 14.9 Å². The number of guanidine groups is 1. The van der Waals surface area contributed by atoms with E-state index in [1.165, 1.54) is 17.2 Å². The first kappa shape index (κ1) is 31.4. The summed E-state index contributed by atoms with van der Waals surface area (Å²) in [6.45, 7) is 6.69. The van der Waals surface area contributed by atoms with Crippen LogP contribution in [-0.4, -0.2) is 79.0 Å². The number of rotatable bonds is 9. The standard InChI is InChI=1S/C32H36Cl2N6O4/c1-2-44-30-20-27(9-10-29(30)40(42)43)37-15-17-38(18-16-37)32(35-13-11-24-7-8-26(33)19-28(24)34)36-21-31(41)39-14-12-23-5-3-4-6-25(23)22-39/h3-10,19-20H,2,11-18,21-22H2,1H3,(H,35,36). The van der Waals surface area contributed by atoms with Gasteiger partial charge in [-0.15, -0.1) is 0 Å². The molecule has 1 N–H and O–H groups in total. The topological polar surface area (TPSA) is 104 Å². The van der Waals surface area contributed by atoms with E-state index in [-0.39, 0.29) is 23.9 Å². The van der Waals surface area contributed by atoms with E-state index in [4.69, 9.17) is 32.9 Å². The number of piperazine rings is 1. The average Bonchev–Trinajstić information content (AvgIpc) is 3.03. The molecule has 0 saturated carbocycles. The predicted octanol–water partition coefficient (Wildman–Crippen LogP) is 5.20. The summed E-state index contributed by atoms with van der Waals surface area (Å²) in [5.74, 6) is 0.924. The van der Waals surface area contributed by atoms with Crippen LogP contribution in [0.3, 0.4) is 0 Å². The molecule has 5 rings (SSSR count). The molecule has 1 saturated heterocycles. The number of ether oxygens (including phenoxy) is 1. The van der Waals surface area contributed by atoms with Gasteiger partial charge in [0.25, 0.3) is 0 Å². The van der Waals surface area contributed by atoms with Crippen molar-refractivity contribution < 1.29 is 14.5 Å². The van der Waals surface area contributed by atoms with Crippen molar-refractivity contribution in [1.29, 1.82) is 0 Å². The largest absolute Gasteiger partial charge is 0.487 e. The van der Waals surface area contributed by atoms with Gasteiger partial charge in [-0.25, -0.2) is 4.99 Å². The van der Waals surface area contributed by atoms with Gasteiger partial charge in [-0.3, -0.25) is 14.9 Å². The van der Waals surface area contributed by atoms with Crippen molar-refractivity contribution in [3.63, 3.8) is 0 Å². The van der Waals surface area contributed by atoms with Crippen LogP contribution in [0.5, 0.6) is 5.75 Å². The molecule has 1 amide bonds. The fourth-order valence-electron chi connectivity index (χ4n) is 5.55. The van der Waals surface area contributed by atoms with Gasteiger partial charge in [0.2, 0.25) is 5.91 Å². The van der Waals surface area contributed by atoms with Crippen LogP contribution in [0.25, 0.3) is 0 Å². The Morgan fingerprint density at radius 1 is 1.00 bits per heavy atom. The zero-order valence-electron chi connectivity index (χ0n) is 24.7. The molecule has 12 heteroatoms. The summed E-state index contributed by atoms with van der Waals surface area (Å²) in [5.41, 5.74) is 4.27. The Kier molecular flexibility index (Phi) is 10.4. The molecule has 0 atom stereocenters. The molecule has 0 spiro atoms. The Morgan fingerprint density at radius 2 is 1.77 bits per heavy atom. The second-order valence-electron chi connectivity index (χ2n) is 10.7. The number of halogens is 2. The number of nitro groups is 1. The molecule has 44 heavy (non-hydrogen) atoms. The first-order chi connectivity index (χ1) is 21.3. The number of nitrogens with zero attached hydrogens (tertiary/aromatic N) is 5. The third kappa shape index (κ3) is 7.73. The van der Waals surface area contributed by atoms with Gasteiger partial charge in [0.05, 0.1) is 11.5 Å². The Balaban J connectivity index is 1.26. The van der Waals surface area contributed by atoms with Gasteiger partial charge < -0.3 is 24.8 Å². The predicted molar refractivity (Wildman–Crippen MR) is 174 cm³/mol. The van der Waals surface area contributed by atoms with Crippen LogP contribution < -0.4 is 15.0 Å². The van der Waals surface area contributed by atoms with Gasteiger partial charge in [-0.1, -0.05) is 53.5 Å². The second kappa shape index (κ2) is 14.6. The highest BCUT2D eigenvalue weighted by Gasteiger charge is 2.24. The molecule has 10 nitrogen and oxygen atoms in total. The molecule has 0 radical (unpaired) electrons. The highest BCUT2D eigenvalue weighted by atomic mass is 35.5. The van der Waals surface area contributed by atoms with E-state index < -0.39 is 4.92 Å². The van der Waals surface area contributed by atoms with Crippen LogP contribution in [0.15, 0.2) is 65.7 Å². The molecular formula is C32H36Cl2N6O4. The number of carbonyl (C=O) groups is 1. The number of anilines is 1. The van der Waals surface area contributed by atoms with Crippen LogP contribution in [0.4, 0.5) is 11.4 Å². The number of hydrogen-bond donors (Lipinski definition) is 1. The molecule has 0 bridgehead atoms. The lowest BCUT2D eigenvalue weighted by Gasteiger charge is -2.38. The first-order valence-electron chi connectivity index (χ1n) is 14.8. The van der Waals surface area contributed by atoms with Gasteiger partial charge in [-0.2, -0.15) is 0 Å². The van der Waals surface area contributed by atoms with Crippen LogP contribution in [-0.2, 0) is 24.2 Å². The number of carbonyl (C=O) groups excluding carboxylic acids is 1. The summed E-state index contributed by atoms with van der Waals surface area (Å²) >= 11 is 12.5. The number of aliphatic imine (C=N–C) groups is 1. The van der Waals surface area contributed by atoms with E-state index in [0.717, 1.165) is 17.7 Å². The smallest absolute Gasteiger partial charge is 0.311 e. The molecular weight excluding hydrogens is 603 g/mol. The lowest BCUT2D eigenvalue weighted by Crippen LogP contribution is -2.53. The molecule has 0 unspecified atom stereocenters. The Bertz CT molecular complexity index is 1530. The molecule has 2 aliphatic rings. The van der Waals surface area contributed by atoms with Crippen molar-refractivity contribution >= 4 is 46.4 Å². The Hall–Kier alpha value is -4.02. The zero-order chi connectivity index (χ0) is 31.1. The van der Waals surface area contributed by atoms with Gasteiger partial charge >= 0.3 is 5.69 Å². The molecule has 2 aliphatic heterocycles. The number of nitrogens with one attached hydrogen (secondary N) is 1. The minimum atomic E-state index is -0.428. The molecule has 232 valence electrons. The minimum Gasteiger partial charge on any atom is -0.487 e. The minimum absolute atomic E-state index is 0.00693. The second-order valence-corrected chi connectivity index (χ2v) is 11.5. The van der Waals surface area contributed by atoms with E-state index in [0.29, 0.717) is 74.8 Å². The van der Waals surface area contributed by atoms with Crippen molar-refractivity contribution in [3.05, 3.63) is 97.5 Å². The maximum atomic E-state index is 13.2. The maximum absolute atomic E-state index is 13.2. The lowest BCUT2D eigenvalue weighted by atomic mass is 10.00. The van der Waals surface area contributed by atoms with Crippen molar-refractivity contribution in [2.75, 3.05) is 57.3 Å². The molecule has 0 aromatic heterocycles. The average molecular weight is 640 g/mol. The summed E-state index contributed by atoms with van der Waals surface area (Å²) < 4.78 is 5.55. The number of hydrogen-bond acceptors (Lipinski definition) is 6. The molecule has 3 aromatic carbocycles. The van der Waals surface area contributed by atoms with Crippen LogP contribution in [0.2, 0.25) is 10.0 Å². The molecule has 0 aliphatic carbocycles.